The third-order valence-corrected chi connectivity index (χ3v) is 6.46. The van der Waals surface area contributed by atoms with Gasteiger partial charge in [-0.2, -0.15) is 9.69 Å². The van der Waals surface area contributed by atoms with Crippen molar-refractivity contribution >= 4 is 29.5 Å². The number of aliphatic hydroxyl groups is 1. The predicted octanol–water partition coefficient (Wildman–Crippen LogP) is 1.14. The van der Waals surface area contributed by atoms with Gasteiger partial charge in [-0.1, -0.05) is 69.7 Å². The van der Waals surface area contributed by atoms with Crippen molar-refractivity contribution in [2.24, 2.45) is 0 Å². The highest BCUT2D eigenvalue weighted by Gasteiger charge is 2.62. The van der Waals surface area contributed by atoms with Gasteiger partial charge in [0.2, 0.25) is 0 Å². The molecule has 2 atom stereocenters. The van der Waals surface area contributed by atoms with E-state index < -0.39 is 12.1 Å². The molecule has 5 rings (SSSR count). The Morgan fingerprint density at radius 2 is 1.67 bits per heavy atom. The third kappa shape index (κ3) is 5.80. The van der Waals surface area contributed by atoms with Gasteiger partial charge in [0.15, 0.2) is 6.54 Å². The summed E-state index contributed by atoms with van der Waals surface area (Å²) in [6.45, 7) is 0.480. The fraction of sp³-hybridized carbons (Fsp3) is 0.148. The first-order valence-electron chi connectivity index (χ1n) is 11.9. The molecular formula is C27H24ClF3N4O4+4. The second kappa shape index (κ2) is 10.5. The summed E-state index contributed by atoms with van der Waals surface area (Å²) in [4.78, 5) is 17.0. The van der Waals surface area contributed by atoms with Gasteiger partial charge in [0.25, 0.3) is 0 Å². The number of nitrogens with one attached hydrogen (secondary N) is 3. The van der Waals surface area contributed by atoms with E-state index in [0.29, 0.717) is 21.5 Å². The van der Waals surface area contributed by atoms with E-state index in [2.05, 4.69) is 9.73 Å². The normalized spacial score (nSPS) is 19.2. The molecule has 0 spiro atoms. The third-order valence-electron chi connectivity index (χ3n) is 6.21. The van der Waals surface area contributed by atoms with Gasteiger partial charge in [0.05, 0.1) is 7.05 Å². The van der Waals surface area contributed by atoms with Crippen LogP contribution in [0.3, 0.4) is 0 Å². The molecule has 200 valence electrons. The summed E-state index contributed by atoms with van der Waals surface area (Å²) in [5.74, 6) is -0.262. The summed E-state index contributed by atoms with van der Waals surface area (Å²) in [7, 11) is 1.55. The number of quaternary nitrogens is 2. The second-order valence-corrected chi connectivity index (χ2v) is 9.37. The van der Waals surface area contributed by atoms with Crippen LogP contribution in [0.2, 0.25) is 5.02 Å². The maximum Gasteiger partial charge on any atom is 0.641 e. The molecule has 8 nitrogen and oxygen atoms in total. The topological polar surface area (TPSA) is 81.6 Å². The zero-order chi connectivity index (χ0) is 27.7. The van der Waals surface area contributed by atoms with Crippen molar-refractivity contribution in [1.82, 2.24) is 0 Å². The molecule has 0 aliphatic carbocycles. The Labute approximate surface area is 226 Å². The Kier molecular flexibility index (Phi) is 7.13. The Morgan fingerprint density at radius 3 is 2.36 bits per heavy atom. The highest BCUT2D eigenvalue weighted by molar-refractivity contribution is 6.30. The smallest absolute Gasteiger partial charge is 0.462 e. The summed E-state index contributed by atoms with van der Waals surface area (Å²) < 4.78 is 50.0. The summed E-state index contributed by atoms with van der Waals surface area (Å²) >= 11 is 6.04. The molecule has 3 aromatic carbocycles. The van der Waals surface area contributed by atoms with Gasteiger partial charge in [-0.05, 0) is 24.3 Å². The standard InChI is InChI=1S/C27H20ClF3N4O4/c1-33-24(36)22-23(35(26(33)37)16-17-6-3-2-4-7-17)32-25(34(22)15-18-10-12-19(28)13-11-18)38-20-8-5-9-21(14-20)39-27(29,30)31/h2-14H,15-16H2,1H3/p+4. The van der Waals surface area contributed by atoms with Crippen LogP contribution in [0.25, 0.3) is 0 Å². The first-order chi connectivity index (χ1) is 18.6. The number of rotatable bonds is 6. The van der Waals surface area contributed by atoms with Crippen molar-refractivity contribution in [3.05, 3.63) is 107 Å². The molecule has 2 aliphatic rings. The van der Waals surface area contributed by atoms with Gasteiger partial charge < -0.3 is 14.6 Å². The minimum absolute atomic E-state index is 0.0522. The summed E-state index contributed by atoms with van der Waals surface area (Å²) in [6, 6.07) is 21.3. The van der Waals surface area contributed by atoms with Crippen LogP contribution in [0.4, 0.5) is 18.0 Å². The maximum atomic E-state index is 13.3. The molecule has 12 heteroatoms. The van der Waals surface area contributed by atoms with Crippen LogP contribution in [0.15, 0.2) is 90.4 Å². The number of hydrogen-bond acceptors (Lipinski definition) is 4. The lowest BCUT2D eigenvalue weighted by atomic mass is 10.1. The Balaban J connectivity index is 1.57. The molecule has 0 aromatic heterocycles. The lowest BCUT2D eigenvalue weighted by Gasteiger charge is -2.18. The number of ether oxygens (including phenoxy) is 2. The SMILES string of the molecule is C[NH+]1C(=O)[NH+](Cc2ccccc2)C2=[NH+]C(Oc3cccc(OC(F)(F)F)c3)=[N+](Cc3ccc(Cl)cc3)C2=C1O. The van der Waals surface area contributed by atoms with Gasteiger partial charge in [-0.15, -0.1) is 18.1 Å². The van der Waals surface area contributed by atoms with Crippen molar-refractivity contribution < 1.29 is 51.9 Å². The first-order valence-corrected chi connectivity index (χ1v) is 12.3. The zero-order valence-corrected chi connectivity index (χ0v) is 21.3. The average Bonchev–Trinajstić information content (AvgIpc) is 3.24. The molecule has 0 saturated carbocycles. The fourth-order valence-corrected chi connectivity index (χ4v) is 4.50. The number of nitrogens with zero attached hydrogens (tertiary/aromatic N) is 1. The number of urea groups is 1. The van der Waals surface area contributed by atoms with E-state index in [1.807, 2.05) is 30.3 Å². The molecule has 4 N–H and O–H groups in total. The van der Waals surface area contributed by atoms with E-state index >= 15 is 0 Å². The molecule has 39 heavy (non-hydrogen) atoms. The van der Waals surface area contributed by atoms with Gasteiger partial charge in [0.1, 0.15) is 18.0 Å². The van der Waals surface area contributed by atoms with Crippen molar-refractivity contribution in [2.75, 3.05) is 7.05 Å². The molecule has 2 aliphatic heterocycles. The van der Waals surface area contributed by atoms with Gasteiger partial charge in [-0.3, -0.25) is 0 Å². The van der Waals surface area contributed by atoms with E-state index in [1.54, 1.807) is 35.9 Å². The van der Waals surface area contributed by atoms with Gasteiger partial charge in [0, 0.05) is 22.2 Å². The number of carbonyl (C=O) groups is 1. The van der Waals surface area contributed by atoms with Crippen LogP contribution < -0.4 is 24.3 Å². The number of hydrogen-bond donors (Lipinski definition) is 4. The van der Waals surface area contributed by atoms with Crippen molar-refractivity contribution in [1.29, 1.82) is 0 Å². The lowest BCUT2D eigenvalue weighted by Crippen LogP contribution is -3.37. The average molecular weight is 561 g/mol. The fourth-order valence-electron chi connectivity index (χ4n) is 4.38. The largest absolute Gasteiger partial charge is 0.641 e. The molecule has 0 saturated heterocycles. The molecule has 3 aromatic rings. The number of carbonyl (C=O) groups excluding carboxylic acids is 1. The monoisotopic (exact) mass is 560 g/mol. The van der Waals surface area contributed by atoms with Crippen LogP contribution in [-0.2, 0) is 13.1 Å². The minimum Gasteiger partial charge on any atom is -0.462 e. The Morgan fingerprint density at radius 1 is 0.974 bits per heavy atom. The van der Waals surface area contributed by atoms with Crippen LogP contribution in [0, 0.1) is 0 Å². The van der Waals surface area contributed by atoms with Crippen molar-refractivity contribution in [2.45, 2.75) is 19.5 Å². The number of benzene rings is 3. The zero-order valence-electron chi connectivity index (χ0n) is 20.6. The number of aliphatic hydroxyl groups excluding tert-OH is 1. The van der Waals surface area contributed by atoms with Crippen molar-refractivity contribution in [3.63, 3.8) is 0 Å². The van der Waals surface area contributed by atoms with E-state index in [-0.39, 0.29) is 41.7 Å². The predicted molar refractivity (Wildman–Crippen MR) is 133 cm³/mol. The quantitative estimate of drug-likeness (QED) is 0.341. The van der Waals surface area contributed by atoms with Crippen LogP contribution in [0.5, 0.6) is 11.5 Å². The minimum atomic E-state index is -4.87. The van der Waals surface area contributed by atoms with Crippen LogP contribution in [0.1, 0.15) is 11.1 Å². The van der Waals surface area contributed by atoms with Gasteiger partial charge in [-0.25, -0.2) is 0 Å². The molecule has 0 bridgehead atoms. The van der Waals surface area contributed by atoms with Crippen LogP contribution in [-0.4, -0.2) is 41.0 Å². The van der Waals surface area contributed by atoms with E-state index in [0.717, 1.165) is 23.3 Å². The summed E-state index contributed by atoms with van der Waals surface area (Å²) in [5, 5.41) is 11.7. The number of amidine groups is 2. The molecular weight excluding hydrogens is 537 g/mol. The first kappa shape index (κ1) is 26.4. The molecule has 2 heterocycles. The second-order valence-electron chi connectivity index (χ2n) is 8.93. The highest BCUT2D eigenvalue weighted by Crippen LogP contribution is 2.26. The van der Waals surface area contributed by atoms with E-state index in [4.69, 9.17) is 16.3 Å². The molecule has 0 radical (unpaired) electrons. The molecule has 2 amide bonds. The number of alkyl halides is 3. The number of fused-ring (bicyclic) bond motifs is 1. The number of halogens is 4. The van der Waals surface area contributed by atoms with E-state index in [9.17, 15) is 23.1 Å². The summed E-state index contributed by atoms with van der Waals surface area (Å²) in [5.41, 5.74) is 2.02. The Hall–Kier alpha value is -4.19. The van der Waals surface area contributed by atoms with Gasteiger partial charge >= 0.3 is 35.8 Å². The van der Waals surface area contributed by atoms with Crippen LogP contribution >= 0.6 is 11.6 Å². The lowest BCUT2D eigenvalue weighted by molar-refractivity contribution is -0.904. The molecule has 0 fully saturated rings. The van der Waals surface area contributed by atoms with Crippen molar-refractivity contribution in [3.8, 4) is 11.5 Å². The summed E-state index contributed by atoms with van der Waals surface area (Å²) in [6.07, 6.45) is -4.87. The molecule has 2 unspecified atom stereocenters. The highest BCUT2D eigenvalue weighted by atomic mass is 35.5. The van der Waals surface area contributed by atoms with E-state index in [1.165, 1.54) is 12.1 Å². The Bertz CT molecular complexity index is 1510. The maximum absolute atomic E-state index is 13.3. The number of amides is 2.